The Balaban J connectivity index is 2.17. The fourth-order valence-corrected chi connectivity index (χ4v) is 2.03. The molecule has 0 aliphatic carbocycles. The fourth-order valence-electron chi connectivity index (χ4n) is 1.86. The van der Waals surface area contributed by atoms with Crippen molar-refractivity contribution in [3.8, 4) is 0 Å². The first kappa shape index (κ1) is 14.3. The van der Waals surface area contributed by atoms with E-state index in [0.717, 1.165) is 5.56 Å². The normalized spacial score (nSPS) is 11.9. The Bertz CT molecular complexity index is 646. The van der Waals surface area contributed by atoms with Gasteiger partial charge >= 0.3 is 0 Å². The van der Waals surface area contributed by atoms with Gasteiger partial charge in [0.05, 0.1) is 11.6 Å². The van der Waals surface area contributed by atoms with Gasteiger partial charge in [-0.05, 0) is 42.8 Å². The summed E-state index contributed by atoms with van der Waals surface area (Å²) in [5.74, 6) is -1.12. The van der Waals surface area contributed by atoms with E-state index in [9.17, 15) is 9.18 Å². The van der Waals surface area contributed by atoms with Crippen molar-refractivity contribution in [1.29, 1.82) is 0 Å². The van der Waals surface area contributed by atoms with Crippen LogP contribution < -0.4 is 11.1 Å². The molecular weight excluding hydrogens is 279 g/mol. The predicted molar refractivity (Wildman–Crippen MR) is 78.1 cm³/mol. The van der Waals surface area contributed by atoms with Gasteiger partial charge in [0, 0.05) is 10.7 Å². The number of nitrogens with one attached hydrogen (secondary N) is 1. The molecule has 2 aromatic rings. The lowest BCUT2D eigenvalue weighted by Gasteiger charge is -2.15. The molecule has 0 saturated carbocycles. The Labute approximate surface area is 121 Å². The number of hydrogen-bond acceptors (Lipinski definition) is 2. The fraction of sp³-hybridized carbons (Fsp3) is 0.133. The summed E-state index contributed by atoms with van der Waals surface area (Å²) in [6, 6.07) is 10.7. The highest BCUT2D eigenvalue weighted by molar-refractivity contribution is 6.31. The third kappa shape index (κ3) is 3.27. The van der Waals surface area contributed by atoms with Crippen molar-refractivity contribution >= 4 is 23.2 Å². The van der Waals surface area contributed by atoms with Crippen LogP contribution in [0.25, 0.3) is 0 Å². The molecule has 5 heteroatoms. The van der Waals surface area contributed by atoms with Crippen LogP contribution in [0.4, 0.5) is 10.1 Å². The van der Waals surface area contributed by atoms with Gasteiger partial charge in [-0.15, -0.1) is 0 Å². The average Bonchev–Trinajstić information content (AvgIpc) is 2.41. The number of carbonyl (C=O) groups excluding carboxylic acids is 1. The second-order valence-corrected chi connectivity index (χ2v) is 4.93. The van der Waals surface area contributed by atoms with Crippen molar-refractivity contribution in [2.75, 3.05) is 5.73 Å². The minimum atomic E-state index is -0.605. The first-order valence-corrected chi connectivity index (χ1v) is 6.46. The molecule has 1 atom stereocenters. The van der Waals surface area contributed by atoms with Crippen molar-refractivity contribution in [2.45, 2.75) is 13.0 Å². The summed E-state index contributed by atoms with van der Waals surface area (Å²) in [6.07, 6.45) is 0. The van der Waals surface area contributed by atoms with Gasteiger partial charge in [-0.1, -0.05) is 23.7 Å². The molecule has 3 N–H and O–H groups in total. The molecule has 0 aliphatic heterocycles. The molecule has 0 fully saturated rings. The summed E-state index contributed by atoms with van der Waals surface area (Å²) in [7, 11) is 0. The summed E-state index contributed by atoms with van der Waals surface area (Å²) in [6.45, 7) is 1.80. The van der Waals surface area contributed by atoms with Crippen LogP contribution >= 0.6 is 11.6 Å². The van der Waals surface area contributed by atoms with Gasteiger partial charge in [0.25, 0.3) is 5.91 Å². The Morgan fingerprint density at radius 1 is 1.30 bits per heavy atom. The van der Waals surface area contributed by atoms with Crippen molar-refractivity contribution in [3.63, 3.8) is 0 Å². The molecule has 20 heavy (non-hydrogen) atoms. The van der Waals surface area contributed by atoms with Crippen molar-refractivity contribution in [3.05, 3.63) is 64.4 Å². The second kappa shape index (κ2) is 5.92. The van der Waals surface area contributed by atoms with E-state index >= 15 is 0 Å². The zero-order valence-corrected chi connectivity index (χ0v) is 11.6. The standard InChI is InChI=1S/C15H14ClFN2O/c1-9(10-3-2-4-12(18)7-10)19-15(20)13-8-11(16)5-6-14(13)17/h2-9H,18H2,1H3,(H,19,20). The van der Waals surface area contributed by atoms with Crippen LogP contribution in [0.1, 0.15) is 28.9 Å². The monoisotopic (exact) mass is 292 g/mol. The number of nitrogens with two attached hydrogens (primary N) is 1. The Hall–Kier alpha value is -2.07. The second-order valence-electron chi connectivity index (χ2n) is 4.49. The predicted octanol–water partition coefficient (Wildman–Crippen LogP) is 3.55. The van der Waals surface area contributed by atoms with Crippen LogP contribution in [0.5, 0.6) is 0 Å². The highest BCUT2D eigenvalue weighted by Gasteiger charge is 2.15. The number of benzene rings is 2. The summed E-state index contributed by atoms with van der Waals surface area (Å²) in [5, 5.41) is 3.03. The van der Waals surface area contributed by atoms with Gasteiger partial charge in [-0.3, -0.25) is 4.79 Å². The lowest BCUT2D eigenvalue weighted by atomic mass is 10.1. The van der Waals surface area contributed by atoms with Gasteiger partial charge in [0.1, 0.15) is 5.82 Å². The smallest absolute Gasteiger partial charge is 0.254 e. The molecule has 0 heterocycles. The molecular formula is C15H14ClFN2O. The summed E-state index contributed by atoms with van der Waals surface area (Å²) >= 11 is 5.77. The number of hydrogen-bond donors (Lipinski definition) is 2. The number of halogens is 2. The van der Waals surface area contributed by atoms with E-state index in [1.54, 1.807) is 25.1 Å². The molecule has 0 bridgehead atoms. The largest absolute Gasteiger partial charge is 0.399 e. The molecule has 0 radical (unpaired) electrons. The van der Waals surface area contributed by atoms with Crippen LogP contribution in [-0.2, 0) is 0 Å². The third-order valence-electron chi connectivity index (χ3n) is 2.93. The van der Waals surface area contributed by atoms with Crippen molar-refractivity contribution < 1.29 is 9.18 Å². The van der Waals surface area contributed by atoms with Crippen molar-refractivity contribution in [2.24, 2.45) is 0 Å². The third-order valence-corrected chi connectivity index (χ3v) is 3.17. The molecule has 1 amide bonds. The lowest BCUT2D eigenvalue weighted by molar-refractivity contribution is 0.0936. The zero-order valence-electron chi connectivity index (χ0n) is 10.9. The van der Waals surface area contributed by atoms with E-state index in [4.69, 9.17) is 17.3 Å². The number of amides is 1. The SMILES string of the molecule is CC(NC(=O)c1cc(Cl)ccc1F)c1cccc(N)c1. The van der Waals surface area contributed by atoms with Gasteiger partial charge < -0.3 is 11.1 Å². The minimum Gasteiger partial charge on any atom is -0.399 e. The van der Waals surface area contributed by atoms with Crippen LogP contribution in [0.3, 0.4) is 0 Å². The van der Waals surface area contributed by atoms with E-state index in [1.165, 1.54) is 18.2 Å². The summed E-state index contributed by atoms with van der Waals surface area (Å²) in [5.41, 5.74) is 7.07. The quantitative estimate of drug-likeness (QED) is 0.850. The van der Waals surface area contributed by atoms with Gasteiger partial charge in [0.15, 0.2) is 0 Å². The average molecular weight is 293 g/mol. The van der Waals surface area contributed by atoms with Gasteiger partial charge in [-0.2, -0.15) is 0 Å². The molecule has 1 unspecified atom stereocenters. The topological polar surface area (TPSA) is 55.1 Å². The van der Waals surface area contributed by atoms with Crippen LogP contribution in [0.2, 0.25) is 5.02 Å². The molecule has 3 nitrogen and oxygen atoms in total. The van der Waals surface area contributed by atoms with Crippen molar-refractivity contribution in [1.82, 2.24) is 5.32 Å². The van der Waals surface area contributed by atoms with Crippen LogP contribution in [0.15, 0.2) is 42.5 Å². The first-order chi connectivity index (χ1) is 9.47. The zero-order chi connectivity index (χ0) is 14.7. The number of rotatable bonds is 3. The van der Waals surface area contributed by atoms with Crippen LogP contribution in [-0.4, -0.2) is 5.91 Å². The maximum atomic E-state index is 13.6. The number of carbonyl (C=O) groups is 1. The van der Waals surface area contributed by atoms with E-state index in [-0.39, 0.29) is 11.6 Å². The molecule has 2 aromatic carbocycles. The highest BCUT2D eigenvalue weighted by atomic mass is 35.5. The molecule has 0 aromatic heterocycles. The van der Waals surface area contributed by atoms with E-state index < -0.39 is 11.7 Å². The molecule has 0 saturated heterocycles. The highest BCUT2D eigenvalue weighted by Crippen LogP contribution is 2.18. The van der Waals surface area contributed by atoms with E-state index in [2.05, 4.69) is 5.32 Å². The van der Waals surface area contributed by atoms with Crippen LogP contribution in [0, 0.1) is 5.82 Å². The lowest BCUT2D eigenvalue weighted by Crippen LogP contribution is -2.27. The maximum Gasteiger partial charge on any atom is 0.254 e. The first-order valence-electron chi connectivity index (χ1n) is 6.08. The molecule has 2 rings (SSSR count). The minimum absolute atomic E-state index is 0.0757. The van der Waals surface area contributed by atoms with E-state index in [1.807, 2.05) is 6.07 Å². The Morgan fingerprint density at radius 2 is 2.05 bits per heavy atom. The van der Waals surface area contributed by atoms with Gasteiger partial charge in [0.2, 0.25) is 0 Å². The molecule has 104 valence electrons. The Kier molecular flexibility index (Phi) is 4.25. The van der Waals surface area contributed by atoms with E-state index in [0.29, 0.717) is 10.7 Å². The number of anilines is 1. The molecule has 0 spiro atoms. The Morgan fingerprint density at radius 3 is 2.75 bits per heavy atom. The summed E-state index contributed by atoms with van der Waals surface area (Å²) < 4.78 is 13.6. The molecule has 0 aliphatic rings. The summed E-state index contributed by atoms with van der Waals surface area (Å²) in [4.78, 5) is 12.0. The number of nitrogen functional groups attached to an aromatic ring is 1. The van der Waals surface area contributed by atoms with Gasteiger partial charge in [-0.25, -0.2) is 4.39 Å². The maximum absolute atomic E-state index is 13.6.